The van der Waals surface area contributed by atoms with Crippen molar-refractivity contribution < 1.29 is 4.79 Å². The molecule has 146 valence electrons. The molecule has 28 heavy (non-hydrogen) atoms. The highest BCUT2D eigenvalue weighted by molar-refractivity contribution is 6.34. The molecule has 0 saturated carbocycles. The third-order valence-electron chi connectivity index (χ3n) is 5.28. The number of amides is 1. The molecule has 1 fully saturated rings. The second-order valence-electron chi connectivity index (χ2n) is 7.04. The number of hydrogen-bond acceptors (Lipinski definition) is 5. The van der Waals surface area contributed by atoms with Gasteiger partial charge in [0.2, 0.25) is 5.91 Å². The zero-order valence-electron chi connectivity index (χ0n) is 15.0. The molecule has 1 amide bonds. The first-order valence-corrected chi connectivity index (χ1v) is 9.93. The molecule has 4 heterocycles. The van der Waals surface area contributed by atoms with Crippen LogP contribution in [0.5, 0.6) is 0 Å². The van der Waals surface area contributed by atoms with Gasteiger partial charge in [-0.15, -0.1) is 0 Å². The minimum absolute atomic E-state index is 0.0975. The fourth-order valence-electron chi connectivity index (χ4n) is 3.93. The van der Waals surface area contributed by atoms with Gasteiger partial charge in [0, 0.05) is 19.2 Å². The topological polar surface area (TPSA) is 96.8 Å². The summed E-state index contributed by atoms with van der Waals surface area (Å²) >= 11 is 12.0. The summed E-state index contributed by atoms with van der Waals surface area (Å²) in [6, 6.07) is 2.71. The molecule has 0 aromatic carbocycles. The predicted octanol–water partition coefficient (Wildman–Crippen LogP) is 2.19. The summed E-state index contributed by atoms with van der Waals surface area (Å²) in [4.78, 5) is 31.9. The van der Waals surface area contributed by atoms with E-state index in [9.17, 15) is 14.9 Å². The third-order valence-corrected chi connectivity index (χ3v) is 5.82. The van der Waals surface area contributed by atoms with Crippen LogP contribution in [0.3, 0.4) is 0 Å². The van der Waals surface area contributed by atoms with Crippen LogP contribution in [0.15, 0.2) is 17.1 Å². The van der Waals surface area contributed by atoms with Gasteiger partial charge in [-0.3, -0.25) is 14.3 Å². The largest absolute Gasteiger partial charge is 0.347 e. The van der Waals surface area contributed by atoms with Crippen LogP contribution < -0.4 is 5.69 Å². The van der Waals surface area contributed by atoms with Crippen LogP contribution in [0.2, 0.25) is 10.0 Å². The molecular weight excluding hydrogens is 403 g/mol. The highest BCUT2D eigenvalue weighted by atomic mass is 35.5. The van der Waals surface area contributed by atoms with Gasteiger partial charge in [0.1, 0.15) is 17.9 Å². The van der Waals surface area contributed by atoms with Gasteiger partial charge < -0.3 is 4.90 Å². The number of carbonyl (C=O) groups is 1. The van der Waals surface area contributed by atoms with Gasteiger partial charge in [-0.05, 0) is 31.7 Å². The number of likely N-dealkylation sites (tertiary alicyclic amines) is 1. The Morgan fingerprint density at radius 3 is 2.89 bits per heavy atom. The Balaban J connectivity index is 1.66. The van der Waals surface area contributed by atoms with Gasteiger partial charge in [0.25, 0.3) is 0 Å². The number of rotatable bonds is 3. The molecule has 0 radical (unpaired) electrons. The summed E-state index contributed by atoms with van der Waals surface area (Å²) in [6.07, 6.45) is 4.89. The van der Waals surface area contributed by atoms with Gasteiger partial charge in [-0.25, -0.2) is 9.48 Å². The minimum Gasteiger partial charge on any atom is -0.325 e. The summed E-state index contributed by atoms with van der Waals surface area (Å²) < 4.78 is 2.76. The van der Waals surface area contributed by atoms with Crippen molar-refractivity contribution in [2.24, 2.45) is 0 Å². The zero-order valence-corrected chi connectivity index (χ0v) is 16.5. The van der Waals surface area contributed by atoms with E-state index in [1.54, 1.807) is 11.0 Å². The van der Waals surface area contributed by atoms with E-state index in [1.807, 2.05) is 0 Å². The number of halogens is 2. The highest BCUT2D eigenvalue weighted by Crippen LogP contribution is 2.28. The monoisotopic (exact) mass is 420 g/mol. The quantitative estimate of drug-likeness (QED) is 0.757. The van der Waals surface area contributed by atoms with E-state index in [0.717, 1.165) is 12.8 Å². The fraction of sp³-hybridized carbons (Fsp3) is 0.500. The molecule has 2 atom stereocenters. The van der Waals surface area contributed by atoms with Crippen LogP contribution in [0.1, 0.15) is 43.2 Å². The zero-order chi connectivity index (χ0) is 19.8. The maximum absolute atomic E-state index is 13.1. The van der Waals surface area contributed by atoms with E-state index in [-0.39, 0.29) is 18.1 Å². The Morgan fingerprint density at radius 2 is 2.14 bits per heavy atom. The Hall–Kier alpha value is -2.37. The van der Waals surface area contributed by atoms with Crippen LogP contribution >= 0.6 is 23.2 Å². The summed E-state index contributed by atoms with van der Waals surface area (Å²) in [5.74, 6) is 0.404. The molecule has 0 unspecified atom stereocenters. The van der Waals surface area contributed by atoms with Gasteiger partial charge in [-0.2, -0.15) is 10.4 Å². The fourth-order valence-corrected chi connectivity index (χ4v) is 4.37. The smallest absolute Gasteiger partial charge is 0.325 e. The third kappa shape index (κ3) is 3.29. The molecule has 10 heteroatoms. The SMILES string of the molecule is N#C[C@@H]1CCCN1C(=O)[C@@H]1CCCc2nn(Cc3ncc(Cl)cc3Cl)c(=O)n21. The van der Waals surface area contributed by atoms with E-state index in [1.165, 1.54) is 15.4 Å². The van der Waals surface area contributed by atoms with Crippen LogP contribution in [0, 0.1) is 11.3 Å². The van der Waals surface area contributed by atoms with Crippen LogP contribution in [0.4, 0.5) is 0 Å². The van der Waals surface area contributed by atoms with Gasteiger partial charge in [0.15, 0.2) is 0 Å². The van der Waals surface area contributed by atoms with E-state index in [4.69, 9.17) is 23.2 Å². The van der Waals surface area contributed by atoms with Crippen molar-refractivity contribution in [2.45, 2.75) is 50.7 Å². The van der Waals surface area contributed by atoms with Crippen LogP contribution in [-0.4, -0.2) is 42.7 Å². The first-order chi connectivity index (χ1) is 13.5. The summed E-state index contributed by atoms with van der Waals surface area (Å²) in [7, 11) is 0. The summed E-state index contributed by atoms with van der Waals surface area (Å²) in [5.41, 5.74) is 0.115. The molecule has 8 nitrogen and oxygen atoms in total. The Morgan fingerprint density at radius 1 is 1.32 bits per heavy atom. The molecule has 2 aromatic heterocycles. The van der Waals surface area contributed by atoms with Gasteiger partial charge in [-0.1, -0.05) is 23.2 Å². The van der Waals surface area contributed by atoms with Crippen molar-refractivity contribution in [3.8, 4) is 6.07 Å². The molecular formula is C18H18Cl2N6O2. The lowest BCUT2D eigenvalue weighted by atomic mass is 10.0. The van der Waals surface area contributed by atoms with E-state index >= 15 is 0 Å². The Kier molecular flexibility index (Phi) is 5.13. The second-order valence-corrected chi connectivity index (χ2v) is 7.88. The number of nitriles is 1. The molecule has 0 spiro atoms. The lowest BCUT2D eigenvalue weighted by molar-refractivity contribution is -0.135. The summed E-state index contributed by atoms with van der Waals surface area (Å²) in [5, 5.41) is 14.5. The van der Waals surface area contributed by atoms with Crippen molar-refractivity contribution in [3.63, 3.8) is 0 Å². The average Bonchev–Trinajstić information content (AvgIpc) is 3.28. The average molecular weight is 421 g/mol. The van der Waals surface area contributed by atoms with Crippen molar-refractivity contribution in [3.05, 3.63) is 44.3 Å². The number of fused-ring (bicyclic) bond motifs is 1. The highest BCUT2D eigenvalue weighted by Gasteiger charge is 2.37. The van der Waals surface area contributed by atoms with Crippen LogP contribution in [-0.2, 0) is 17.8 Å². The number of aromatic nitrogens is 4. The van der Waals surface area contributed by atoms with Crippen molar-refractivity contribution >= 4 is 29.1 Å². The molecule has 2 aromatic rings. The number of aryl methyl sites for hydroxylation is 1. The Labute approximate surface area is 171 Å². The molecule has 0 bridgehead atoms. The molecule has 4 rings (SSSR count). The molecule has 2 aliphatic rings. The van der Waals surface area contributed by atoms with E-state index in [0.29, 0.717) is 47.4 Å². The molecule has 1 saturated heterocycles. The lowest BCUT2D eigenvalue weighted by Crippen LogP contribution is -2.44. The molecule has 0 aliphatic carbocycles. The van der Waals surface area contributed by atoms with Crippen molar-refractivity contribution in [1.29, 1.82) is 5.26 Å². The van der Waals surface area contributed by atoms with Crippen molar-refractivity contribution in [2.75, 3.05) is 6.54 Å². The number of pyridine rings is 1. The van der Waals surface area contributed by atoms with Crippen LogP contribution in [0.25, 0.3) is 0 Å². The molecule has 0 N–H and O–H groups in total. The minimum atomic E-state index is -0.618. The maximum atomic E-state index is 13.1. The first kappa shape index (κ1) is 19.0. The first-order valence-electron chi connectivity index (χ1n) is 9.18. The number of nitrogens with zero attached hydrogens (tertiary/aromatic N) is 6. The van der Waals surface area contributed by atoms with Gasteiger partial charge in [0.05, 0.1) is 28.4 Å². The normalized spacial score (nSPS) is 21.4. The Bertz CT molecular complexity index is 1020. The molecule has 2 aliphatic heterocycles. The van der Waals surface area contributed by atoms with Gasteiger partial charge >= 0.3 is 5.69 Å². The second kappa shape index (κ2) is 7.57. The number of hydrogen-bond donors (Lipinski definition) is 0. The standard InChI is InChI=1S/C18H18Cl2N6O2/c19-11-7-13(20)14(22-9-11)10-25-18(28)26-15(4-1-5-16(26)23-25)17(27)24-6-2-3-12(24)8-21/h7,9,12,15H,1-6,10H2/t12-,15-/m0/s1. The van der Waals surface area contributed by atoms with E-state index < -0.39 is 12.1 Å². The summed E-state index contributed by atoms with van der Waals surface area (Å²) in [6.45, 7) is 0.649. The van der Waals surface area contributed by atoms with Crippen molar-refractivity contribution in [1.82, 2.24) is 24.2 Å². The lowest BCUT2D eigenvalue weighted by Gasteiger charge is -2.28. The predicted molar refractivity (Wildman–Crippen MR) is 102 cm³/mol. The number of carbonyl (C=O) groups excluding carboxylic acids is 1. The maximum Gasteiger partial charge on any atom is 0.347 e. The van der Waals surface area contributed by atoms with E-state index in [2.05, 4.69) is 16.2 Å².